The predicted molar refractivity (Wildman–Crippen MR) is 100 cm³/mol. The molecule has 1 fully saturated rings. The molecule has 8 nitrogen and oxygen atoms in total. The topological polar surface area (TPSA) is 102 Å². The van der Waals surface area contributed by atoms with E-state index >= 15 is 0 Å². The quantitative estimate of drug-likeness (QED) is 0.749. The maximum Gasteiger partial charge on any atom is 0.417 e. The fraction of sp³-hybridized carbons (Fsp3) is 0.316. The third-order valence-electron chi connectivity index (χ3n) is 4.74. The number of anilines is 2. The van der Waals surface area contributed by atoms with Crippen LogP contribution < -0.4 is 10.2 Å². The summed E-state index contributed by atoms with van der Waals surface area (Å²) in [6, 6.07) is 3.48. The molecular formula is C19H17F3N6O2. The van der Waals surface area contributed by atoms with Gasteiger partial charge in [-0.05, 0) is 32.0 Å². The molecule has 1 aliphatic rings. The lowest BCUT2D eigenvalue weighted by molar-refractivity contribution is -0.137. The van der Waals surface area contributed by atoms with E-state index < -0.39 is 34.8 Å². The van der Waals surface area contributed by atoms with E-state index in [0.29, 0.717) is 16.7 Å². The van der Waals surface area contributed by atoms with Crippen molar-refractivity contribution in [2.24, 2.45) is 0 Å². The van der Waals surface area contributed by atoms with Crippen LogP contribution in [-0.2, 0) is 11.0 Å². The van der Waals surface area contributed by atoms with Crippen molar-refractivity contribution in [3.63, 3.8) is 0 Å². The number of halogens is 3. The van der Waals surface area contributed by atoms with Crippen LogP contribution in [0, 0.1) is 11.3 Å². The van der Waals surface area contributed by atoms with Gasteiger partial charge in [-0.1, -0.05) is 0 Å². The van der Waals surface area contributed by atoms with Crippen LogP contribution in [0.1, 0.15) is 25.0 Å². The number of hydrogen-bond acceptors (Lipinski definition) is 6. The molecule has 30 heavy (non-hydrogen) atoms. The number of urea groups is 1. The van der Waals surface area contributed by atoms with Crippen molar-refractivity contribution in [3.8, 4) is 6.07 Å². The summed E-state index contributed by atoms with van der Waals surface area (Å²) in [6.07, 6.45) is -0.362. The highest BCUT2D eigenvalue weighted by Gasteiger charge is 2.52. The van der Waals surface area contributed by atoms with Gasteiger partial charge in [0.05, 0.1) is 41.0 Å². The van der Waals surface area contributed by atoms with Crippen molar-refractivity contribution in [1.82, 2.24) is 14.9 Å². The largest absolute Gasteiger partial charge is 0.417 e. The van der Waals surface area contributed by atoms with E-state index in [0.717, 1.165) is 12.1 Å². The fourth-order valence-electron chi connectivity index (χ4n) is 3.14. The standard InChI is InChI=1S/C19H17F3N6O2/c1-18(2)16(29)28(14-4-3-12(8-23)15(7-14)19(20,21)22)17(30)27(18)6-5-26-13-9-24-11-25-10-13/h3-4,7,9-11,26H,5-6H2,1-2H3. The van der Waals surface area contributed by atoms with Gasteiger partial charge in [-0.15, -0.1) is 0 Å². The summed E-state index contributed by atoms with van der Waals surface area (Å²) in [5.41, 5.74) is -2.68. The fourth-order valence-corrected chi connectivity index (χ4v) is 3.14. The van der Waals surface area contributed by atoms with Crippen LogP contribution in [-0.4, -0.2) is 45.4 Å². The summed E-state index contributed by atoms with van der Waals surface area (Å²) in [5, 5.41) is 11.9. The maximum atomic E-state index is 13.3. The molecule has 3 rings (SSSR count). The first kappa shape index (κ1) is 21.0. The van der Waals surface area contributed by atoms with Crippen molar-refractivity contribution in [2.45, 2.75) is 25.6 Å². The number of rotatable bonds is 5. The average Bonchev–Trinajstić information content (AvgIpc) is 2.87. The van der Waals surface area contributed by atoms with Crippen LogP contribution in [0.25, 0.3) is 0 Å². The van der Waals surface area contributed by atoms with Gasteiger partial charge < -0.3 is 10.2 Å². The van der Waals surface area contributed by atoms with Crippen LogP contribution >= 0.6 is 0 Å². The first-order valence-electron chi connectivity index (χ1n) is 8.83. The number of benzene rings is 1. The van der Waals surface area contributed by atoms with Crippen LogP contribution in [0.2, 0.25) is 0 Å². The summed E-state index contributed by atoms with van der Waals surface area (Å²) in [4.78, 5) is 35.5. The van der Waals surface area contributed by atoms with Gasteiger partial charge in [-0.25, -0.2) is 19.7 Å². The van der Waals surface area contributed by atoms with Gasteiger partial charge in [0.1, 0.15) is 11.9 Å². The molecule has 2 heterocycles. The Morgan fingerprint density at radius 1 is 1.20 bits per heavy atom. The van der Waals surface area contributed by atoms with E-state index in [2.05, 4.69) is 15.3 Å². The van der Waals surface area contributed by atoms with Gasteiger partial charge in [0.15, 0.2) is 0 Å². The zero-order valence-electron chi connectivity index (χ0n) is 16.1. The van der Waals surface area contributed by atoms with E-state index in [4.69, 9.17) is 5.26 Å². The molecule has 0 atom stereocenters. The molecule has 2 aromatic rings. The Hall–Kier alpha value is -3.68. The summed E-state index contributed by atoms with van der Waals surface area (Å²) in [6.45, 7) is 3.43. The SMILES string of the molecule is CC1(C)C(=O)N(c2ccc(C#N)c(C(F)(F)F)c2)C(=O)N1CCNc1cncnc1. The van der Waals surface area contributed by atoms with Crippen molar-refractivity contribution in [1.29, 1.82) is 5.26 Å². The lowest BCUT2D eigenvalue weighted by Gasteiger charge is -2.27. The minimum atomic E-state index is -4.80. The number of imide groups is 1. The molecule has 3 amide bonds. The Kier molecular flexibility index (Phi) is 5.35. The van der Waals surface area contributed by atoms with Crippen LogP contribution in [0.15, 0.2) is 36.9 Å². The van der Waals surface area contributed by atoms with Gasteiger partial charge in [-0.3, -0.25) is 4.79 Å². The summed E-state index contributed by atoms with van der Waals surface area (Å²) in [5.74, 6) is -0.659. The van der Waals surface area contributed by atoms with Crippen LogP contribution in [0.3, 0.4) is 0 Å². The molecule has 0 radical (unpaired) electrons. The molecule has 0 spiro atoms. The molecule has 0 bridgehead atoms. The number of hydrogen-bond donors (Lipinski definition) is 1. The Balaban J connectivity index is 1.86. The van der Waals surface area contributed by atoms with Crippen molar-refractivity contribution < 1.29 is 22.8 Å². The number of nitrogens with one attached hydrogen (secondary N) is 1. The lowest BCUT2D eigenvalue weighted by Crippen LogP contribution is -2.46. The lowest BCUT2D eigenvalue weighted by atomic mass is 10.0. The zero-order valence-corrected chi connectivity index (χ0v) is 16.1. The highest BCUT2D eigenvalue weighted by Crippen LogP contribution is 2.37. The van der Waals surface area contributed by atoms with E-state index in [1.54, 1.807) is 0 Å². The second-order valence-electron chi connectivity index (χ2n) is 7.03. The molecular weight excluding hydrogens is 401 g/mol. The normalized spacial score (nSPS) is 16.0. The molecule has 11 heteroatoms. The number of aromatic nitrogens is 2. The number of amides is 3. The molecule has 1 aromatic heterocycles. The van der Waals surface area contributed by atoms with Gasteiger partial charge in [0, 0.05) is 13.1 Å². The summed E-state index contributed by atoms with van der Waals surface area (Å²) < 4.78 is 39.9. The molecule has 1 saturated heterocycles. The van der Waals surface area contributed by atoms with Gasteiger partial charge >= 0.3 is 12.2 Å². The van der Waals surface area contributed by atoms with E-state index in [-0.39, 0.29) is 18.8 Å². The second-order valence-corrected chi connectivity index (χ2v) is 7.03. The van der Waals surface area contributed by atoms with E-state index in [1.807, 2.05) is 0 Å². The van der Waals surface area contributed by atoms with Gasteiger partial charge in [0.2, 0.25) is 0 Å². The van der Waals surface area contributed by atoms with Crippen LogP contribution in [0.4, 0.5) is 29.3 Å². The Morgan fingerprint density at radius 3 is 2.47 bits per heavy atom. The number of carbonyl (C=O) groups excluding carboxylic acids is 2. The smallest absolute Gasteiger partial charge is 0.381 e. The molecule has 0 aliphatic carbocycles. The van der Waals surface area contributed by atoms with Crippen molar-refractivity contribution in [3.05, 3.63) is 48.0 Å². The Bertz CT molecular complexity index is 1020. The van der Waals surface area contributed by atoms with Gasteiger partial charge in [0.25, 0.3) is 5.91 Å². The first-order valence-corrected chi connectivity index (χ1v) is 8.83. The average molecular weight is 418 g/mol. The molecule has 1 aliphatic heterocycles. The summed E-state index contributed by atoms with van der Waals surface area (Å²) >= 11 is 0. The minimum absolute atomic E-state index is 0.116. The summed E-state index contributed by atoms with van der Waals surface area (Å²) in [7, 11) is 0. The number of alkyl halides is 3. The Labute approximate surface area is 169 Å². The first-order chi connectivity index (χ1) is 14.1. The predicted octanol–water partition coefficient (Wildman–Crippen LogP) is 3.03. The third kappa shape index (κ3) is 3.76. The highest BCUT2D eigenvalue weighted by molar-refractivity contribution is 6.23. The third-order valence-corrected chi connectivity index (χ3v) is 4.74. The van der Waals surface area contributed by atoms with Crippen LogP contribution in [0.5, 0.6) is 0 Å². The minimum Gasteiger partial charge on any atom is -0.381 e. The Morgan fingerprint density at radius 2 is 1.87 bits per heavy atom. The molecule has 156 valence electrons. The number of nitrogens with zero attached hydrogens (tertiary/aromatic N) is 5. The number of carbonyl (C=O) groups is 2. The van der Waals surface area contributed by atoms with E-state index in [9.17, 15) is 22.8 Å². The molecule has 0 unspecified atom stereocenters. The van der Waals surface area contributed by atoms with Gasteiger partial charge in [-0.2, -0.15) is 18.4 Å². The highest BCUT2D eigenvalue weighted by atomic mass is 19.4. The monoisotopic (exact) mass is 418 g/mol. The van der Waals surface area contributed by atoms with E-state index in [1.165, 1.54) is 43.5 Å². The molecule has 1 aromatic carbocycles. The molecule has 0 saturated carbocycles. The van der Waals surface area contributed by atoms with Crippen molar-refractivity contribution in [2.75, 3.05) is 23.3 Å². The second kappa shape index (κ2) is 7.62. The maximum absolute atomic E-state index is 13.3. The van der Waals surface area contributed by atoms with Crippen molar-refractivity contribution >= 4 is 23.3 Å². The molecule has 1 N–H and O–H groups in total. The number of nitriles is 1. The zero-order chi connectivity index (χ0) is 22.1.